The maximum atomic E-state index is 14.7. The Bertz CT molecular complexity index is 971. The van der Waals surface area contributed by atoms with Crippen LogP contribution in [0.15, 0.2) is 53.7 Å². The molecule has 2 N–H and O–H groups in total. The quantitative estimate of drug-likeness (QED) is 0.726. The molecule has 3 rings (SSSR count). The van der Waals surface area contributed by atoms with Crippen LogP contribution in [0.1, 0.15) is 36.5 Å². The molecule has 0 aliphatic carbocycles. The van der Waals surface area contributed by atoms with Crippen LogP contribution in [0.4, 0.5) is 22.0 Å². The molecule has 1 aliphatic rings. The highest BCUT2D eigenvalue weighted by atomic mass is 19.3. The number of nitrogens with zero attached hydrogens (tertiary/aromatic N) is 2. The molecule has 0 spiro atoms. The van der Waals surface area contributed by atoms with E-state index in [1.54, 1.807) is 7.05 Å². The Hall–Kier alpha value is -2.90. The van der Waals surface area contributed by atoms with E-state index in [0.717, 1.165) is 6.92 Å². The molecule has 0 bridgehead atoms. The van der Waals surface area contributed by atoms with Gasteiger partial charge < -0.3 is 10.6 Å². The van der Waals surface area contributed by atoms with Gasteiger partial charge in [-0.25, -0.2) is 26.9 Å². The van der Waals surface area contributed by atoms with Crippen molar-refractivity contribution in [3.05, 3.63) is 82.8 Å². The van der Waals surface area contributed by atoms with Gasteiger partial charge in [-0.15, -0.1) is 0 Å². The molecule has 0 fully saturated rings. The Labute approximate surface area is 165 Å². The topological polar surface area (TPSA) is 41.6 Å². The second-order valence-corrected chi connectivity index (χ2v) is 7.36. The van der Waals surface area contributed by atoms with E-state index >= 15 is 0 Å². The summed E-state index contributed by atoms with van der Waals surface area (Å²) in [5.41, 5.74) is 4.44. The average molecular weight is 409 g/mol. The van der Waals surface area contributed by atoms with Gasteiger partial charge in [0.1, 0.15) is 23.0 Å². The fourth-order valence-electron chi connectivity index (χ4n) is 3.75. The van der Waals surface area contributed by atoms with Gasteiger partial charge in [0.2, 0.25) is 0 Å². The summed E-state index contributed by atoms with van der Waals surface area (Å²) in [4.78, 5) is 5.76. The zero-order valence-electron chi connectivity index (χ0n) is 16.1. The van der Waals surface area contributed by atoms with Crippen molar-refractivity contribution in [2.24, 2.45) is 10.7 Å². The van der Waals surface area contributed by atoms with Gasteiger partial charge in [-0.1, -0.05) is 30.8 Å². The van der Waals surface area contributed by atoms with Crippen LogP contribution in [0.3, 0.4) is 0 Å². The summed E-state index contributed by atoms with van der Waals surface area (Å²) >= 11 is 0. The van der Waals surface area contributed by atoms with Gasteiger partial charge in [-0.2, -0.15) is 0 Å². The average Bonchev–Trinajstić information content (AvgIpc) is 2.58. The van der Waals surface area contributed by atoms with Gasteiger partial charge in [0.15, 0.2) is 5.96 Å². The van der Waals surface area contributed by atoms with Crippen LogP contribution in [-0.4, -0.2) is 17.9 Å². The Kier molecular flexibility index (Phi) is 4.93. The maximum absolute atomic E-state index is 14.7. The van der Waals surface area contributed by atoms with Gasteiger partial charge in [-0.05, 0) is 12.5 Å². The Morgan fingerprint density at radius 2 is 1.62 bits per heavy atom. The molecule has 29 heavy (non-hydrogen) atoms. The summed E-state index contributed by atoms with van der Waals surface area (Å²) in [6, 6.07) is 6.47. The summed E-state index contributed by atoms with van der Waals surface area (Å²) < 4.78 is 70.0. The number of alkyl halides is 2. The van der Waals surface area contributed by atoms with Crippen LogP contribution in [0.2, 0.25) is 0 Å². The van der Waals surface area contributed by atoms with Gasteiger partial charge in [0.25, 0.3) is 5.92 Å². The first-order chi connectivity index (χ1) is 13.4. The van der Waals surface area contributed by atoms with Crippen molar-refractivity contribution in [1.29, 1.82) is 0 Å². The minimum Gasteiger partial charge on any atom is -0.370 e. The van der Waals surface area contributed by atoms with Crippen molar-refractivity contribution in [1.82, 2.24) is 4.90 Å². The van der Waals surface area contributed by atoms with Crippen LogP contribution in [-0.2, 0) is 11.5 Å². The third-order valence-electron chi connectivity index (χ3n) is 5.28. The summed E-state index contributed by atoms with van der Waals surface area (Å²) in [5.74, 6) is -7.23. The summed E-state index contributed by atoms with van der Waals surface area (Å²) in [6.07, 6.45) is 0. The number of rotatable bonds is 3. The Morgan fingerprint density at radius 1 is 1.10 bits per heavy atom. The standard InChI is InChI=1S/C21H20F5N3/c1-11-17(12-5-7-13(8-6-12)21(3,25)26)20(2,28-19(27)29(11)4)18-15(23)9-14(22)10-16(18)24/h5-10,17H,1H2,2-4H3,(H2,27,28)/t17-,20-/m0/s1. The van der Waals surface area contributed by atoms with Crippen LogP contribution in [0.5, 0.6) is 0 Å². The fourth-order valence-corrected chi connectivity index (χ4v) is 3.75. The third kappa shape index (κ3) is 3.47. The second kappa shape index (κ2) is 6.86. The predicted molar refractivity (Wildman–Crippen MR) is 101 cm³/mol. The SMILES string of the molecule is C=C1[C@@H](c2ccc(C(C)(F)F)cc2)[C@@](C)(c2c(F)cc(F)cc2F)N=C(N)N1C. The van der Waals surface area contributed by atoms with Crippen LogP contribution in [0.25, 0.3) is 0 Å². The third-order valence-corrected chi connectivity index (χ3v) is 5.28. The molecule has 2 atom stereocenters. The fraction of sp³-hybridized carbons (Fsp3) is 0.286. The molecule has 0 aromatic heterocycles. The molecule has 2 aromatic carbocycles. The molecule has 154 valence electrons. The van der Waals surface area contributed by atoms with Crippen molar-refractivity contribution < 1.29 is 22.0 Å². The van der Waals surface area contributed by atoms with Crippen LogP contribution in [0, 0.1) is 17.5 Å². The monoisotopic (exact) mass is 409 g/mol. The zero-order valence-corrected chi connectivity index (χ0v) is 16.1. The van der Waals surface area contributed by atoms with Crippen LogP contribution >= 0.6 is 0 Å². The smallest absolute Gasteiger partial charge is 0.270 e. The number of nitrogens with two attached hydrogens (primary N) is 1. The number of likely N-dealkylation sites (N-methyl/N-ethyl adjacent to an activating group) is 1. The molecule has 0 unspecified atom stereocenters. The molecule has 0 saturated heterocycles. The highest BCUT2D eigenvalue weighted by Gasteiger charge is 2.47. The minimum absolute atomic E-state index is 0.0337. The van der Waals surface area contributed by atoms with Gasteiger partial charge in [0, 0.05) is 37.4 Å². The second-order valence-electron chi connectivity index (χ2n) is 7.36. The number of aliphatic imine (C=N–C) groups is 1. The summed E-state index contributed by atoms with van der Waals surface area (Å²) in [6.45, 7) is 6.19. The van der Waals surface area contributed by atoms with Crippen molar-refractivity contribution in [2.45, 2.75) is 31.2 Å². The number of guanidine groups is 1. The van der Waals surface area contributed by atoms with Crippen molar-refractivity contribution in [3.8, 4) is 0 Å². The van der Waals surface area contributed by atoms with E-state index in [9.17, 15) is 22.0 Å². The minimum atomic E-state index is -3.04. The molecule has 1 heterocycles. The molecular formula is C21H20F5N3. The number of hydrogen-bond donors (Lipinski definition) is 1. The largest absolute Gasteiger partial charge is 0.370 e. The Morgan fingerprint density at radius 3 is 2.10 bits per heavy atom. The van der Waals surface area contributed by atoms with E-state index in [0.29, 0.717) is 23.4 Å². The zero-order chi connectivity index (χ0) is 21.7. The predicted octanol–water partition coefficient (Wildman–Crippen LogP) is 4.99. The van der Waals surface area contributed by atoms with Gasteiger partial charge in [0.05, 0.1) is 11.5 Å². The number of hydrogen-bond acceptors (Lipinski definition) is 3. The summed E-state index contributed by atoms with van der Waals surface area (Å²) in [7, 11) is 1.58. The molecule has 1 aliphatic heterocycles. The molecule has 3 nitrogen and oxygen atoms in total. The molecule has 2 aromatic rings. The lowest BCUT2D eigenvalue weighted by Gasteiger charge is -2.44. The lowest BCUT2D eigenvalue weighted by molar-refractivity contribution is 0.0174. The maximum Gasteiger partial charge on any atom is 0.270 e. The molecule has 0 amide bonds. The first-order valence-corrected chi connectivity index (χ1v) is 8.77. The van der Waals surface area contributed by atoms with Crippen LogP contribution < -0.4 is 5.73 Å². The van der Waals surface area contributed by atoms with E-state index in [1.165, 1.54) is 36.1 Å². The first kappa shape index (κ1) is 20.8. The van der Waals surface area contributed by atoms with Crippen molar-refractivity contribution in [2.75, 3.05) is 7.05 Å². The lowest BCUT2D eigenvalue weighted by atomic mass is 9.72. The van der Waals surface area contributed by atoms with Crippen molar-refractivity contribution in [3.63, 3.8) is 0 Å². The molecule has 0 radical (unpaired) electrons. The lowest BCUT2D eigenvalue weighted by Crippen LogP contribution is -2.47. The molecule has 0 saturated carbocycles. The van der Waals surface area contributed by atoms with Gasteiger partial charge >= 0.3 is 0 Å². The van der Waals surface area contributed by atoms with E-state index in [-0.39, 0.29) is 11.5 Å². The van der Waals surface area contributed by atoms with E-state index in [4.69, 9.17) is 5.73 Å². The van der Waals surface area contributed by atoms with E-state index in [2.05, 4.69) is 11.6 Å². The van der Waals surface area contributed by atoms with E-state index < -0.39 is 40.4 Å². The highest BCUT2D eigenvalue weighted by Crippen LogP contribution is 2.49. The van der Waals surface area contributed by atoms with E-state index in [1.807, 2.05) is 0 Å². The number of halogens is 5. The molecular weight excluding hydrogens is 389 g/mol. The molecule has 8 heteroatoms. The first-order valence-electron chi connectivity index (χ1n) is 8.77. The highest BCUT2D eigenvalue weighted by molar-refractivity contribution is 5.82. The summed E-state index contributed by atoms with van der Waals surface area (Å²) in [5, 5.41) is 0. The Balaban J connectivity index is 2.24. The van der Waals surface area contributed by atoms with Gasteiger partial charge in [-0.3, -0.25) is 0 Å². The number of benzene rings is 2. The van der Waals surface area contributed by atoms with Crippen molar-refractivity contribution >= 4 is 5.96 Å². The normalized spacial score (nSPS) is 22.6.